The van der Waals surface area contributed by atoms with Crippen LogP contribution in [0.5, 0.6) is 0 Å². The Labute approximate surface area is 129 Å². The molecule has 0 spiro atoms. The molecule has 0 saturated heterocycles. The molecule has 21 heavy (non-hydrogen) atoms. The van der Waals surface area contributed by atoms with Crippen LogP contribution in [0.4, 0.5) is 0 Å². The van der Waals surface area contributed by atoms with Crippen LogP contribution in [0.3, 0.4) is 0 Å². The molecule has 5 heteroatoms. The maximum atomic E-state index is 12.9. The van der Waals surface area contributed by atoms with Crippen LogP contribution in [-0.2, 0) is 16.6 Å². The van der Waals surface area contributed by atoms with Crippen LogP contribution in [-0.4, -0.2) is 25.8 Å². The van der Waals surface area contributed by atoms with Crippen LogP contribution < -0.4 is 5.73 Å². The van der Waals surface area contributed by atoms with Gasteiger partial charge in [-0.3, -0.25) is 0 Å². The maximum absolute atomic E-state index is 12.9. The van der Waals surface area contributed by atoms with Crippen LogP contribution in [0.2, 0.25) is 0 Å². The molecule has 1 unspecified atom stereocenters. The van der Waals surface area contributed by atoms with Gasteiger partial charge >= 0.3 is 0 Å². The number of nitrogens with two attached hydrogens (primary N) is 1. The molecule has 4 nitrogen and oxygen atoms in total. The van der Waals surface area contributed by atoms with E-state index in [1.165, 1.54) is 4.31 Å². The zero-order valence-electron chi connectivity index (χ0n) is 14.2. The minimum absolute atomic E-state index is 0.107. The highest BCUT2D eigenvalue weighted by molar-refractivity contribution is 7.89. The molecule has 0 bridgehead atoms. The van der Waals surface area contributed by atoms with Gasteiger partial charge in [-0.1, -0.05) is 26.8 Å². The molecule has 0 aromatic heterocycles. The van der Waals surface area contributed by atoms with Crippen molar-refractivity contribution in [3.8, 4) is 0 Å². The fraction of sp³-hybridized carbons (Fsp3) is 0.625. The smallest absolute Gasteiger partial charge is 0.243 e. The van der Waals surface area contributed by atoms with Crippen LogP contribution in [0.1, 0.15) is 44.4 Å². The summed E-state index contributed by atoms with van der Waals surface area (Å²) in [5, 5.41) is 0. The number of benzene rings is 1. The van der Waals surface area contributed by atoms with Gasteiger partial charge in [0.1, 0.15) is 0 Å². The third kappa shape index (κ3) is 3.65. The quantitative estimate of drug-likeness (QED) is 0.930. The number of hydrogen-bond acceptors (Lipinski definition) is 3. The lowest BCUT2D eigenvalue weighted by Gasteiger charge is -2.34. The molecule has 0 fully saturated rings. The molecule has 120 valence electrons. The van der Waals surface area contributed by atoms with Crippen molar-refractivity contribution in [3.05, 3.63) is 28.8 Å². The van der Waals surface area contributed by atoms with E-state index >= 15 is 0 Å². The van der Waals surface area contributed by atoms with Crippen LogP contribution in [0.15, 0.2) is 17.0 Å². The monoisotopic (exact) mass is 312 g/mol. The van der Waals surface area contributed by atoms with Crippen molar-refractivity contribution in [1.29, 1.82) is 0 Å². The van der Waals surface area contributed by atoms with Crippen LogP contribution in [0.25, 0.3) is 0 Å². The summed E-state index contributed by atoms with van der Waals surface area (Å²) in [6.45, 7) is 12.2. The summed E-state index contributed by atoms with van der Waals surface area (Å²) >= 11 is 0. The minimum Gasteiger partial charge on any atom is -0.326 e. The molecule has 1 atom stereocenters. The van der Waals surface area contributed by atoms with Gasteiger partial charge in [0, 0.05) is 19.6 Å². The number of nitrogens with zero attached hydrogens (tertiary/aromatic N) is 1. The summed E-state index contributed by atoms with van der Waals surface area (Å²) in [7, 11) is -1.88. The molecule has 0 saturated carbocycles. The third-order valence-corrected chi connectivity index (χ3v) is 6.38. The van der Waals surface area contributed by atoms with E-state index in [4.69, 9.17) is 5.73 Å². The number of rotatable bonds is 4. The van der Waals surface area contributed by atoms with Gasteiger partial charge in [-0.15, -0.1) is 0 Å². The van der Waals surface area contributed by atoms with Gasteiger partial charge in [0.2, 0.25) is 10.0 Å². The van der Waals surface area contributed by atoms with Gasteiger partial charge in [-0.2, -0.15) is 4.31 Å². The summed E-state index contributed by atoms with van der Waals surface area (Å²) < 4.78 is 27.3. The maximum Gasteiger partial charge on any atom is 0.243 e. The lowest BCUT2D eigenvalue weighted by Crippen LogP contribution is -2.43. The Bertz CT molecular complexity index is 616. The molecular weight excluding hydrogens is 284 g/mol. The zero-order valence-corrected chi connectivity index (χ0v) is 15.0. The first-order valence-corrected chi connectivity index (χ1v) is 8.65. The summed E-state index contributed by atoms with van der Waals surface area (Å²) in [5.74, 6) is 0. The van der Waals surface area contributed by atoms with Crippen LogP contribution >= 0.6 is 0 Å². The fourth-order valence-electron chi connectivity index (χ4n) is 2.28. The van der Waals surface area contributed by atoms with Crippen molar-refractivity contribution >= 4 is 10.0 Å². The summed E-state index contributed by atoms with van der Waals surface area (Å²) in [6.07, 6.45) is 0. The average molecular weight is 312 g/mol. The lowest BCUT2D eigenvalue weighted by atomic mass is 9.88. The Morgan fingerprint density at radius 2 is 1.71 bits per heavy atom. The first kappa shape index (κ1) is 18.1. The van der Waals surface area contributed by atoms with E-state index in [0.29, 0.717) is 11.4 Å². The van der Waals surface area contributed by atoms with E-state index in [9.17, 15) is 8.42 Å². The van der Waals surface area contributed by atoms with E-state index in [2.05, 4.69) is 0 Å². The third-order valence-electron chi connectivity index (χ3n) is 4.31. The van der Waals surface area contributed by atoms with Gasteiger partial charge in [-0.25, -0.2) is 8.42 Å². The van der Waals surface area contributed by atoms with E-state index < -0.39 is 10.0 Å². The first-order valence-electron chi connectivity index (χ1n) is 7.21. The highest BCUT2D eigenvalue weighted by atomic mass is 32.2. The molecule has 0 radical (unpaired) electrons. The number of hydrogen-bond donors (Lipinski definition) is 1. The van der Waals surface area contributed by atoms with Gasteiger partial charge < -0.3 is 5.73 Å². The second-order valence-electron chi connectivity index (χ2n) is 6.81. The summed E-state index contributed by atoms with van der Waals surface area (Å²) in [4.78, 5) is 0.354. The summed E-state index contributed by atoms with van der Waals surface area (Å²) in [5.41, 5.74) is 8.24. The van der Waals surface area contributed by atoms with Gasteiger partial charge in [0.25, 0.3) is 0 Å². The van der Waals surface area contributed by atoms with Gasteiger partial charge in [0.05, 0.1) is 4.90 Å². The van der Waals surface area contributed by atoms with E-state index in [1.54, 1.807) is 13.1 Å². The van der Waals surface area contributed by atoms with Crippen molar-refractivity contribution in [1.82, 2.24) is 4.31 Å². The first-order chi connectivity index (χ1) is 9.42. The molecule has 1 rings (SSSR count). The predicted molar refractivity (Wildman–Crippen MR) is 87.7 cm³/mol. The second-order valence-corrected chi connectivity index (χ2v) is 8.78. The Kier molecular flexibility index (Phi) is 5.24. The molecule has 1 aromatic carbocycles. The standard InChI is InChI=1S/C16H28N2O2S/c1-11-8-12(2)15(9-14(11)10-17)21(19,20)18(7)13(3)16(4,5)6/h8-9,13H,10,17H2,1-7H3. The van der Waals surface area contributed by atoms with E-state index in [1.807, 2.05) is 47.6 Å². The molecule has 0 aliphatic rings. The largest absolute Gasteiger partial charge is 0.326 e. The number of aryl methyl sites for hydroxylation is 2. The van der Waals surface area contributed by atoms with Gasteiger partial charge in [-0.05, 0) is 48.9 Å². The molecule has 0 aliphatic carbocycles. The molecule has 0 heterocycles. The minimum atomic E-state index is -3.52. The molecule has 2 N–H and O–H groups in total. The van der Waals surface area contributed by atoms with E-state index in [-0.39, 0.29) is 11.5 Å². The SMILES string of the molecule is Cc1cc(C)c(S(=O)(=O)N(C)C(C)C(C)(C)C)cc1CN. The van der Waals surface area contributed by atoms with Gasteiger partial charge in [0.15, 0.2) is 0 Å². The Morgan fingerprint density at radius 1 is 1.19 bits per heavy atom. The highest BCUT2D eigenvalue weighted by Crippen LogP contribution is 2.29. The van der Waals surface area contributed by atoms with Crippen molar-refractivity contribution in [2.75, 3.05) is 7.05 Å². The van der Waals surface area contributed by atoms with Crippen molar-refractivity contribution in [2.45, 2.75) is 59.0 Å². The van der Waals surface area contributed by atoms with Crippen LogP contribution in [0, 0.1) is 19.3 Å². The normalized spacial score (nSPS) is 14.5. The average Bonchev–Trinajstić information content (AvgIpc) is 2.35. The molecular formula is C16H28N2O2S. The molecule has 1 aromatic rings. The lowest BCUT2D eigenvalue weighted by molar-refractivity contribution is 0.216. The van der Waals surface area contributed by atoms with Crippen molar-refractivity contribution < 1.29 is 8.42 Å². The number of sulfonamides is 1. The Morgan fingerprint density at radius 3 is 2.14 bits per heavy atom. The van der Waals surface area contributed by atoms with E-state index in [0.717, 1.165) is 16.7 Å². The second kappa shape index (κ2) is 6.07. The topological polar surface area (TPSA) is 63.4 Å². The molecule has 0 aliphatic heterocycles. The summed E-state index contributed by atoms with van der Waals surface area (Å²) in [6, 6.07) is 3.50. The zero-order chi connectivity index (χ0) is 16.6. The highest BCUT2D eigenvalue weighted by Gasteiger charge is 2.33. The Hall–Kier alpha value is -0.910. The van der Waals surface area contributed by atoms with Crippen molar-refractivity contribution in [3.63, 3.8) is 0 Å². The Balaban J connectivity index is 3.38. The fourth-order valence-corrected chi connectivity index (χ4v) is 4.08. The van der Waals surface area contributed by atoms with Crippen molar-refractivity contribution in [2.24, 2.45) is 11.1 Å². The predicted octanol–water partition coefficient (Wildman–Crippen LogP) is 2.82. The molecule has 0 amide bonds.